The Bertz CT molecular complexity index is 1300. The third kappa shape index (κ3) is 3.47. The van der Waals surface area contributed by atoms with Gasteiger partial charge in [0.1, 0.15) is 6.54 Å². The van der Waals surface area contributed by atoms with E-state index in [0.29, 0.717) is 61.8 Å². The number of rotatable bonds is 4. The molecular formula is C29H37N5O3. The van der Waals surface area contributed by atoms with E-state index in [4.69, 9.17) is 5.10 Å². The van der Waals surface area contributed by atoms with Crippen LogP contribution in [0.4, 0.5) is 5.69 Å². The Hall–Kier alpha value is -2.87. The molecule has 1 aromatic carbocycles. The molecule has 1 aromatic heterocycles. The number of amides is 2. The highest BCUT2D eigenvalue weighted by Crippen LogP contribution is 2.88. The van der Waals surface area contributed by atoms with Crippen molar-refractivity contribution in [3.63, 3.8) is 0 Å². The predicted molar refractivity (Wildman–Crippen MR) is 140 cm³/mol. The number of piperazine rings is 1. The molecule has 2 amide bonds. The van der Waals surface area contributed by atoms with Gasteiger partial charge < -0.3 is 19.8 Å². The molecule has 8 heteroatoms. The van der Waals surface area contributed by atoms with Crippen LogP contribution in [0, 0.1) is 25.7 Å². The Kier molecular flexibility index (Phi) is 4.92. The number of carbonyl (C=O) groups excluding carboxylic acids is 2. The number of aliphatic hydroxyl groups is 1. The van der Waals surface area contributed by atoms with Gasteiger partial charge in [0, 0.05) is 61.6 Å². The second-order valence-corrected chi connectivity index (χ2v) is 12.4. The molecule has 4 unspecified atom stereocenters. The standard InChI is InChI=1S/C29H37N5O3/c1-16-6-5-7-19(18(16)3)31-10-12-32(13-11-31)20(35)15-34-27-24-21-22(24)23(21)25(27)26(30-34)28(36)33-9-8-29(4,37)14-17(33)2/h5-7,17,21-24,37H,8-15H2,1-4H3/t17?,21-,22?,23-,24?,29?/m0/s1. The Morgan fingerprint density at radius 1 is 1.08 bits per heavy atom. The number of aromatic nitrogens is 2. The summed E-state index contributed by atoms with van der Waals surface area (Å²) in [6, 6.07) is 6.38. The Labute approximate surface area is 218 Å². The molecule has 6 aliphatic rings. The second kappa shape index (κ2) is 7.82. The maximum absolute atomic E-state index is 13.6. The third-order valence-electron chi connectivity index (χ3n) is 9.96. The van der Waals surface area contributed by atoms with E-state index < -0.39 is 5.60 Å². The van der Waals surface area contributed by atoms with Crippen LogP contribution < -0.4 is 4.90 Å². The fourth-order valence-electron chi connectivity index (χ4n) is 7.59. The van der Waals surface area contributed by atoms with Crippen LogP contribution in [0.2, 0.25) is 0 Å². The van der Waals surface area contributed by atoms with Crippen molar-refractivity contribution in [2.75, 3.05) is 37.6 Å². The van der Waals surface area contributed by atoms with Crippen molar-refractivity contribution in [1.82, 2.24) is 19.6 Å². The Morgan fingerprint density at radius 3 is 2.51 bits per heavy atom. The number of likely N-dealkylation sites (tertiary alicyclic amines) is 1. The predicted octanol–water partition coefficient (Wildman–Crippen LogP) is 2.66. The van der Waals surface area contributed by atoms with Crippen molar-refractivity contribution < 1.29 is 14.7 Å². The van der Waals surface area contributed by atoms with E-state index in [-0.39, 0.29) is 24.4 Å². The smallest absolute Gasteiger partial charge is 0.274 e. The summed E-state index contributed by atoms with van der Waals surface area (Å²) in [4.78, 5) is 33.2. The van der Waals surface area contributed by atoms with Crippen LogP contribution in [0.3, 0.4) is 0 Å². The minimum absolute atomic E-state index is 0.0282. The molecule has 2 aliphatic heterocycles. The van der Waals surface area contributed by atoms with E-state index in [2.05, 4.69) is 36.9 Å². The van der Waals surface area contributed by atoms with E-state index in [0.717, 1.165) is 24.3 Å². The molecule has 6 atom stereocenters. The van der Waals surface area contributed by atoms with Crippen LogP contribution in [0.25, 0.3) is 0 Å². The van der Waals surface area contributed by atoms with Gasteiger partial charge in [-0.2, -0.15) is 5.10 Å². The minimum atomic E-state index is -0.724. The number of benzene rings is 1. The minimum Gasteiger partial charge on any atom is -0.390 e. The molecule has 196 valence electrons. The van der Waals surface area contributed by atoms with Crippen molar-refractivity contribution in [3.05, 3.63) is 46.3 Å². The third-order valence-corrected chi connectivity index (χ3v) is 9.96. The fourth-order valence-corrected chi connectivity index (χ4v) is 7.59. The maximum atomic E-state index is 13.6. The Balaban J connectivity index is 1.06. The first kappa shape index (κ1) is 23.3. The molecule has 2 saturated carbocycles. The summed E-state index contributed by atoms with van der Waals surface area (Å²) in [5.41, 5.74) is 5.98. The lowest BCUT2D eigenvalue weighted by atomic mass is 9.88. The number of anilines is 1. The molecule has 0 spiro atoms. The van der Waals surface area contributed by atoms with Crippen LogP contribution in [-0.2, 0) is 11.3 Å². The summed E-state index contributed by atoms with van der Waals surface area (Å²) in [7, 11) is 0. The van der Waals surface area contributed by atoms with Gasteiger partial charge in [-0.3, -0.25) is 14.3 Å². The molecule has 4 aliphatic carbocycles. The van der Waals surface area contributed by atoms with Crippen LogP contribution in [0.5, 0.6) is 0 Å². The van der Waals surface area contributed by atoms with Crippen molar-refractivity contribution in [2.45, 2.75) is 70.6 Å². The summed E-state index contributed by atoms with van der Waals surface area (Å²) in [6.07, 6.45) is 1.15. The van der Waals surface area contributed by atoms with Crippen molar-refractivity contribution in [2.24, 2.45) is 11.8 Å². The monoisotopic (exact) mass is 503 g/mol. The number of hydrogen-bond donors (Lipinski definition) is 1. The quantitative estimate of drug-likeness (QED) is 0.694. The van der Waals surface area contributed by atoms with Crippen LogP contribution >= 0.6 is 0 Å². The number of piperidine rings is 1. The molecule has 2 aromatic rings. The van der Waals surface area contributed by atoms with Crippen LogP contribution in [0.15, 0.2) is 18.2 Å². The highest BCUT2D eigenvalue weighted by molar-refractivity contribution is 5.96. The second-order valence-electron chi connectivity index (χ2n) is 12.4. The molecule has 37 heavy (non-hydrogen) atoms. The summed E-state index contributed by atoms with van der Waals surface area (Å²) in [6.45, 7) is 12.0. The maximum Gasteiger partial charge on any atom is 0.274 e. The zero-order valence-corrected chi connectivity index (χ0v) is 22.3. The van der Waals surface area contributed by atoms with Crippen LogP contribution in [-0.4, -0.2) is 80.9 Å². The van der Waals surface area contributed by atoms with Gasteiger partial charge in [-0.15, -0.1) is 0 Å². The lowest BCUT2D eigenvalue weighted by Gasteiger charge is -2.40. The first-order valence-corrected chi connectivity index (χ1v) is 13.9. The first-order valence-electron chi connectivity index (χ1n) is 13.9. The van der Waals surface area contributed by atoms with Crippen molar-refractivity contribution in [1.29, 1.82) is 0 Å². The van der Waals surface area contributed by atoms with Gasteiger partial charge in [0.2, 0.25) is 5.91 Å². The van der Waals surface area contributed by atoms with E-state index in [1.165, 1.54) is 16.8 Å². The SMILES string of the molecule is Cc1cccc(N2CCN(C(=O)Cn3nc(C(=O)N4CCC(C)(O)CC4C)c4c3C3C5[C@H]3[C@H]45)CC2)c1C. The number of aryl methyl sites for hydroxylation is 1. The largest absolute Gasteiger partial charge is 0.390 e. The fraction of sp³-hybridized carbons (Fsp3) is 0.621. The van der Waals surface area contributed by atoms with Gasteiger partial charge in [-0.1, -0.05) is 12.1 Å². The summed E-state index contributed by atoms with van der Waals surface area (Å²) < 4.78 is 1.87. The van der Waals surface area contributed by atoms with Crippen molar-refractivity contribution >= 4 is 17.5 Å². The van der Waals surface area contributed by atoms with Crippen LogP contribution in [0.1, 0.15) is 71.4 Å². The van der Waals surface area contributed by atoms with E-state index in [1.54, 1.807) is 0 Å². The van der Waals surface area contributed by atoms with E-state index >= 15 is 0 Å². The highest BCUT2D eigenvalue weighted by Gasteiger charge is 2.81. The molecule has 8 rings (SSSR count). The zero-order chi connectivity index (χ0) is 25.8. The number of nitrogens with zero attached hydrogens (tertiary/aromatic N) is 5. The van der Waals surface area contributed by atoms with Gasteiger partial charge in [0.25, 0.3) is 5.91 Å². The van der Waals surface area contributed by atoms with E-state index in [1.807, 2.05) is 28.3 Å². The van der Waals surface area contributed by atoms with Gasteiger partial charge in [0.15, 0.2) is 5.69 Å². The Morgan fingerprint density at radius 2 is 1.81 bits per heavy atom. The number of carbonyl (C=O) groups is 2. The zero-order valence-electron chi connectivity index (χ0n) is 22.3. The molecule has 3 heterocycles. The number of hydrogen-bond acceptors (Lipinski definition) is 5. The molecule has 2 bridgehead atoms. The molecule has 8 nitrogen and oxygen atoms in total. The average molecular weight is 504 g/mol. The molecule has 4 fully saturated rings. The molecule has 0 radical (unpaired) electrons. The van der Waals surface area contributed by atoms with Crippen molar-refractivity contribution in [3.8, 4) is 0 Å². The van der Waals surface area contributed by atoms with E-state index in [9.17, 15) is 14.7 Å². The average Bonchev–Trinajstić information content (AvgIpc) is 3.62. The summed E-state index contributed by atoms with van der Waals surface area (Å²) in [5, 5.41) is 15.2. The normalized spacial score (nSPS) is 33.3. The lowest BCUT2D eigenvalue weighted by molar-refractivity contribution is -0.132. The van der Waals surface area contributed by atoms with Gasteiger partial charge in [-0.05, 0) is 75.5 Å². The van der Waals surface area contributed by atoms with Gasteiger partial charge >= 0.3 is 0 Å². The summed E-state index contributed by atoms with van der Waals surface area (Å²) in [5.74, 6) is 2.41. The van der Waals surface area contributed by atoms with Gasteiger partial charge in [0.05, 0.1) is 5.60 Å². The summed E-state index contributed by atoms with van der Waals surface area (Å²) >= 11 is 0. The van der Waals surface area contributed by atoms with Gasteiger partial charge in [-0.25, -0.2) is 0 Å². The lowest BCUT2D eigenvalue weighted by Crippen LogP contribution is -2.50. The topological polar surface area (TPSA) is 81.9 Å². The molecule has 1 N–H and O–H groups in total. The first-order chi connectivity index (χ1) is 17.7. The molecule has 2 saturated heterocycles. The molecular weight excluding hydrogens is 466 g/mol. The highest BCUT2D eigenvalue weighted by atomic mass is 16.3.